The first-order chi connectivity index (χ1) is 13.2. The van der Waals surface area contributed by atoms with Crippen molar-refractivity contribution < 1.29 is 4.79 Å². The van der Waals surface area contributed by atoms with Crippen LogP contribution in [0.1, 0.15) is 11.1 Å². The van der Waals surface area contributed by atoms with Crippen molar-refractivity contribution in [2.24, 2.45) is 5.73 Å². The topological polar surface area (TPSA) is 96.7 Å². The van der Waals surface area contributed by atoms with Crippen LogP contribution in [-0.2, 0) is 4.79 Å². The molecule has 0 aliphatic heterocycles. The maximum Gasteiger partial charge on any atom is 0.249 e. The number of hydrogen-bond acceptors (Lipinski definition) is 4. The monoisotopic (exact) mass is 355 g/mol. The van der Waals surface area contributed by atoms with Crippen molar-refractivity contribution >= 4 is 40.0 Å². The number of nitrogens with one attached hydrogen (secondary N) is 2. The van der Waals surface area contributed by atoms with Gasteiger partial charge in [0, 0.05) is 35.1 Å². The van der Waals surface area contributed by atoms with E-state index in [-0.39, 0.29) is 0 Å². The Morgan fingerprint density at radius 1 is 1.07 bits per heavy atom. The van der Waals surface area contributed by atoms with Crippen molar-refractivity contribution in [1.29, 1.82) is 0 Å². The lowest BCUT2D eigenvalue weighted by molar-refractivity contribution is -0.112. The molecule has 6 heteroatoms. The summed E-state index contributed by atoms with van der Waals surface area (Å²) >= 11 is 0. The smallest absolute Gasteiger partial charge is 0.249 e. The quantitative estimate of drug-likeness (QED) is 0.475. The van der Waals surface area contributed by atoms with Gasteiger partial charge in [0.05, 0.1) is 17.6 Å². The highest BCUT2D eigenvalue weighted by Gasteiger charge is 2.13. The zero-order valence-corrected chi connectivity index (χ0v) is 14.4. The molecule has 0 saturated heterocycles. The molecule has 0 saturated carbocycles. The minimum Gasteiger partial charge on any atom is -0.366 e. The van der Waals surface area contributed by atoms with E-state index >= 15 is 0 Å². The first kappa shape index (κ1) is 16.5. The summed E-state index contributed by atoms with van der Waals surface area (Å²) in [5, 5.41) is 4.22. The third-order valence-electron chi connectivity index (χ3n) is 4.19. The van der Waals surface area contributed by atoms with Crippen molar-refractivity contribution in [1.82, 2.24) is 15.0 Å². The van der Waals surface area contributed by atoms with E-state index < -0.39 is 5.91 Å². The number of amides is 1. The second kappa shape index (κ2) is 7.13. The largest absolute Gasteiger partial charge is 0.366 e. The fraction of sp³-hybridized carbons (Fsp3) is 0. The highest BCUT2D eigenvalue weighted by Crippen LogP contribution is 2.30. The van der Waals surface area contributed by atoms with Crippen molar-refractivity contribution in [3.05, 3.63) is 84.4 Å². The molecule has 0 fully saturated rings. The Hall–Kier alpha value is -3.93. The number of aromatic nitrogens is 3. The third kappa shape index (κ3) is 3.41. The van der Waals surface area contributed by atoms with Crippen molar-refractivity contribution in [3.8, 4) is 0 Å². The number of primary amides is 1. The lowest BCUT2D eigenvalue weighted by Crippen LogP contribution is -2.12. The van der Waals surface area contributed by atoms with Crippen LogP contribution in [0.3, 0.4) is 0 Å². The van der Waals surface area contributed by atoms with Crippen molar-refractivity contribution in [2.45, 2.75) is 0 Å². The van der Waals surface area contributed by atoms with E-state index in [1.807, 2.05) is 54.7 Å². The van der Waals surface area contributed by atoms with Crippen LogP contribution >= 0.6 is 0 Å². The Morgan fingerprint density at radius 2 is 1.93 bits per heavy atom. The molecule has 0 atom stereocenters. The average Bonchev–Trinajstić information content (AvgIpc) is 3.11. The number of rotatable bonds is 5. The molecule has 1 aromatic carbocycles. The predicted octanol–water partition coefficient (Wildman–Crippen LogP) is 3.73. The molecule has 0 bridgehead atoms. The molecule has 4 rings (SSSR count). The first-order valence-corrected chi connectivity index (χ1v) is 8.42. The number of fused-ring (bicyclic) bond motifs is 1. The molecule has 0 spiro atoms. The summed E-state index contributed by atoms with van der Waals surface area (Å²) in [6, 6.07) is 15.0. The summed E-state index contributed by atoms with van der Waals surface area (Å²) in [4.78, 5) is 23.7. The van der Waals surface area contributed by atoms with Gasteiger partial charge in [-0.15, -0.1) is 0 Å². The van der Waals surface area contributed by atoms with Crippen LogP contribution in [0.15, 0.2) is 73.3 Å². The number of benzene rings is 1. The zero-order valence-electron chi connectivity index (χ0n) is 14.4. The minimum absolute atomic E-state index is 0.438. The Balaban J connectivity index is 1.83. The van der Waals surface area contributed by atoms with Crippen LogP contribution < -0.4 is 11.1 Å². The SMILES string of the molecule is NC(=O)C(=Cc1c[nH]c2nccc(Nc3cccnc3)c12)c1ccccc1. The van der Waals surface area contributed by atoms with Crippen molar-refractivity contribution in [2.75, 3.05) is 5.32 Å². The summed E-state index contributed by atoms with van der Waals surface area (Å²) in [7, 11) is 0. The number of aromatic amines is 1. The van der Waals surface area contributed by atoms with E-state index in [1.54, 1.807) is 24.7 Å². The van der Waals surface area contributed by atoms with Gasteiger partial charge in [0.25, 0.3) is 0 Å². The summed E-state index contributed by atoms with van der Waals surface area (Å²) in [5.74, 6) is -0.485. The van der Waals surface area contributed by atoms with Gasteiger partial charge in [0.15, 0.2) is 0 Å². The third-order valence-corrected chi connectivity index (χ3v) is 4.19. The van der Waals surface area contributed by atoms with Gasteiger partial charge in [-0.05, 0) is 29.8 Å². The van der Waals surface area contributed by atoms with E-state index in [1.165, 1.54) is 0 Å². The minimum atomic E-state index is -0.485. The van der Waals surface area contributed by atoms with E-state index in [4.69, 9.17) is 5.73 Å². The molecular formula is C21H17N5O. The summed E-state index contributed by atoms with van der Waals surface area (Å²) in [6.45, 7) is 0. The first-order valence-electron chi connectivity index (χ1n) is 8.42. The fourth-order valence-corrected chi connectivity index (χ4v) is 2.96. The van der Waals surface area contributed by atoms with Crippen molar-refractivity contribution in [3.63, 3.8) is 0 Å². The van der Waals surface area contributed by atoms with Gasteiger partial charge < -0.3 is 16.0 Å². The highest BCUT2D eigenvalue weighted by molar-refractivity contribution is 6.24. The van der Waals surface area contributed by atoms with Crippen LogP contribution in [0.25, 0.3) is 22.7 Å². The van der Waals surface area contributed by atoms with Crippen LogP contribution in [0.4, 0.5) is 11.4 Å². The summed E-state index contributed by atoms with van der Waals surface area (Å²) in [6.07, 6.45) is 8.78. The number of nitrogens with two attached hydrogens (primary N) is 1. The lowest BCUT2D eigenvalue weighted by atomic mass is 10.0. The number of H-pyrrole nitrogens is 1. The molecule has 4 aromatic rings. The number of pyridine rings is 2. The zero-order chi connectivity index (χ0) is 18.6. The molecule has 132 valence electrons. The predicted molar refractivity (Wildman–Crippen MR) is 107 cm³/mol. The molecule has 6 nitrogen and oxygen atoms in total. The molecular weight excluding hydrogens is 338 g/mol. The molecule has 0 aliphatic carbocycles. The van der Waals surface area contributed by atoms with Gasteiger partial charge in [0.1, 0.15) is 5.65 Å². The van der Waals surface area contributed by atoms with Gasteiger partial charge in [-0.3, -0.25) is 9.78 Å². The van der Waals surface area contributed by atoms with Crippen LogP contribution in [0.2, 0.25) is 0 Å². The summed E-state index contributed by atoms with van der Waals surface area (Å²) in [5.41, 5.74) is 10.1. The molecule has 3 aromatic heterocycles. The number of carbonyl (C=O) groups excluding carboxylic acids is 1. The van der Waals surface area contributed by atoms with Crippen LogP contribution in [0.5, 0.6) is 0 Å². The van der Waals surface area contributed by atoms with E-state index in [2.05, 4.69) is 20.3 Å². The van der Waals surface area contributed by atoms with Gasteiger partial charge in [-0.25, -0.2) is 4.98 Å². The van der Waals surface area contributed by atoms with Gasteiger partial charge in [-0.2, -0.15) is 0 Å². The Morgan fingerprint density at radius 3 is 2.67 bits per heavy atom. The van der Waals surface area contributed by atoms with Gasteiger partial charge >= 0.3 is 0 Å². The normalized spacial score (nSPS) is 11.5. The second-order valence-electron chi connectivity index (χ2n) is 5.98. The number of hydrogen-bond donors (Lipinski definition) is 3. The van der Waals surface area contributed by atoms with E-state index in [0.29, 0.717) is 11.2 Å². The molecule has 0 aliphatic rings. The Kier molecular flexibility index (Phi) is 4.37. The van der Waals surface area contributed by atoms with Crippen LogP contribution in [0, 0.1) is 0 Å². The standard InChI is InChI=1S/C21H17N5O/c22-20(27)17(14-5-2-1-3-6-14)11-15-12-25-21-19(15)18(8-10-24-21)26-16-7-4-9-23-13-16/h1-13H,(H2,22,27)(H2,24,25,26). The lowest BCUT2D eigenvalue weighted by Gasteiger charge is -2.08. The van der Waals surface area contributed by atoms with E-state index in [9.17, 15) is 4.79 Å². The molecule has 3 heterocycles. The second-order valence-corrected chi connectivity index (χ2v) is 5.98. The Labute approximate surface area is 155 Å². The number of carbonyl (C=O) groups is 1. The number of nitrogens with zero attached hydrogens (tertiary/aromatic N) is 2. The molecule has 0 radical (unpaired) electrons. The fourth-order valence-electron chi connectivity index (χ4n) is 2.96. The maximum absolute atomic E-state index is 12.0. The molecule has 27 heavy (non-hydrogen) atoms. The summed E-state index contributed by atoms with van der Waals surface area (Å²) < 4.78 is 0. The maximum atomic E-state index is 12.0. The highest BCUT2D eigenvalue weighted by atomic mass is 16.1. The molecule has 1 amide bonds. The van der Waals surface area contributed by atoms with Crippen LogP contribution in [-0.4, -0.2) is 20.9 Å². The van der Waals surface area contributed by atoms with Gasteiger partial charge in [-0.1, -0.05) is 30.3 Å². The molecule has 0 unspecified atom stereocenters. The average molecular weight is 355 g/mol. The van der Waals surface area contributed by atoms with E-state index in [0.717, 1.165) is 27.9 Å². The Bertz CT molecular complexity index is 1120. The van der Waals surface area contributed by atoms with Gasteiger partial charge in [0.2, 0.25) is 5.91 Å². The molecule has 4 N–H and O–H groups in total. The number of anilines is 2.